The van der Waals surface area contributed by atoms with Crippen molar-refractivity contribution in [2.24, 2.45) is 13.0 Å². The van der Waals surface area contributed by atoms with Gasteiger partial charge in [-0.25, -0.2) is 4.79 Å². The van der Waals surface area contributed by atoms with Crippen molar-refractivity contribution in [2.75, 3.05) is 0 Å². The highest BCUT2D eigenvalue weighted by Gasteiger charge is 2.33. The first-order valence-electron chi connectivity index (χ1n) is 9.52. The van der Waals surface area contributed by atoms with Crippen LogP contribution in [0.5, 0.6) is 0 Å². The van der Waals surface area contributed by atoms with Crippen molar-refractivity contribution in [2.45, 2.75) is 39.4 Å². The van der Waals surface area contributed by atoms with Gasteiger partial charge < -0.3 is 5.11 Å². The van der Waals surface area contributed by atoms with Gasteiger partial charge in [0.15, 0.2) is 0 Å². The number of carboxylic acid groups (broad SMARTS) is 1. The minimum atomic E-state index is -4.57. The van der Waals surface area contributed by atoms with Crippen molar-refractivity contribution in [3.8, 4) is 0 Å². The molecule has 2 heterocycles. The average Bonchev–Trinajstić information content (AvgIpc) is 3.00. The van der Waals surface area contributed by atoms with Crippen LogP contribution in [0.1, 0.15) is 35.4 Å². The Balaban J connectivity index is 2.33. The van der Waals surface area contributed by atoms with Crippen molar-refractivity contribution in [3.63, 3.8) is 0 Å². The van der Waals surface area contributed by atoms with Gasteiger partial charge in [-0.15, -0.1) is 11.3 Å². The molecule has 3 rings (SSSR count). The number of rotatable bonds is 6. The third kappa shape index (κ3) is 4.43. The minimum Gasteiger partial charge on any atom is -0.481 e. The van der Waals surface area contributed by atoms with E-state index >= 15 is 0 Å². The summed E-state index contributed by atoms with van der Waals surface area (Å²) < 4.78 is 42.7. The highest BCUT2D eigenvalue weighted by Crippen LogP contribution is 2.36. The topological polar surface area (TPSA) is 81.3 Å². The Hall–Kier alpha value is -2.88. The Morgan fingerprint density at radius 3 is 2.42 bits per heavy atom. The Labute approximate surface area is 179 Å². The zero-order valence-corrected chi connectivity index (χ0v) is 17.9. The predicted molar refractivity (Wildman–Crippen MR) is 112 cm³/mol. The zero-order valence-electron chi connectivity index (χ0n) is 17.1. The van der Waals surface area contributed by atoms with Crippen LogP contribution in [0.3, 0.4) is 0 Å². The van der Waals surface area contributed by atoms with Gasteiger partial charge in [-0.1, -0.05) is 32.0 Å². The fourth-order valence-corrected chi connectivity index (χ4v) is 4.90. The first-order valence-corrected chi connectivity index (χ1v) is 10.3. The number of halogens is 3. The molecule has 3 aromatic rings. The summed E-state index contributed by atoms with van der Waals surface area (Å²) >= 11 is 1.00. The van der Waals surface area contributed by atoms with Crippen molar-refractivity contribution in [3.05, 3.63) is 66.7 Å². The number of aliphatic carboxylic acids is 1. The standard InChI is InChI=1S/C21H21F3N2O4S/c1-11(2)10-26-19-17(18(29)25(3)20(26)30)13(9-16(27)28)15(31-19)8-12-6-4-5-7-14(12)21(22,23)24/h4-7,11H,8-10H2,1-3H3,(H,27,28). The molecule has 0 aliphatic rings. The van der Waals surface area contributed by atoms with Crippen molar-refractivity contribution in [1.82, 2.24) is 9.13 Å². The largest absolute Gasteiger partial charge is 0.481 e. The summed E-state index contributed by atoms with van der Waals surface area (Å²) in [6, 6.07) is 5.05. The van der Waals surface area contributed by atoms with Crippen LogP contribution >= 0.6 is 11.3 Å². The van der Waals surface area contributed by atoms with E-state index in [0.29, 0.717) is 4.88 Å². The van der Waals surface area contributed by atoms with Gasteiger partial charge in [-0.3, -0.25) is 18.7 Å². The van der Waals surface area contributed by atoms with Crippen LogP contribution in [0.15, 0.2) is 33.9 Å². The summed E-state index contributed by atoms with van der Waals surface area (Å²) in [6.45, 7) is 4.06. The highest BCUT2D eigenvalue weighted by molar-refractivity contribution is 7.18. The van der Waals surface area contributed by atoms with Crippen molar-refractivity contribution in [1.29, 1.82) is 0 Å². The Morgan fingerprint density at radius 2 is 1.84 bits per heavy atom. The molecule has 0 saturated heterocycles. The zero-order chi connectivity index (χ0) is 23.1. The van der Waals surface area contributed by atoms with Crippen LogP contribution in [-0.2, 0) is 37.4 Å². The molecule has 0 saturated carbocycles. The lowest BCUT2D eigenvalue weighted by Crippen LogP contribution is -2.38. The van der Waals surface area contributed by atoms with Gasteiger partial charge in [-0.05, 0) is 23.1 Å². The number of nitrogens with zero attached hydrogens (tertiary/aromatic N) is 2. The van der Waals surface area contributed by atoms with E-state index in [1.807, 2.05) is 13.8 Å². The highest BCUT2D eigenvalue weighted by atomic mass is 32.1. The quantitative estimate of drug-likeness (QED) is 0.617. The minimum absolute atomic E-state index is 0.0252. The van der Waals surface area contributed by atoms with Crippen LogP contribution in [0.2, 0.25) is 0 Å². The van der Waals surface area contributed by atoms with E-state index in [4.69, 9.17) is 0 Å². The fraction of sp³-hybridized carbons (Fsp3) is 0.381. The number of benzene rings is 1. The van der Waals surface area contributed by atoms with Gasteiger partial charge in [0.25, 0.3) is 5.56 Å². The van der Waals surface area contributed by atoms with Crippen LogP contribution in [0, 0.1) is 5.92 Å². The van der Waals surface area contributed by atoms with E-state index in [1.165, 1.54) is 29.8 Å². The van der Waals surface area contributed by atoms with E-state index in [1.54, 1.807) is 0 Å². The molecule has 6 nitrogen and oxygen atoms in total. The molecule has 0 bridgehead atoms. The van der Waals surface area contributed by atoms with E-state index in [0.717, 1.165) is 22.0 Å². The summed E-state index contributed by atoms with van der Waals surface area (Å²) in [4.78, 5) is 37.7. The average molecular weight is 454 g/mol. The van der Waals surface area contributed by atoms with Crippen LogP contribution < -0.4 is 11.2 Å². The summed E-state index contributed by atoms with van der Waals surface area (Å²) in [5, 5.41) is 9.47. The molecule has 0 atom stereocenters. The number of aromatic nitrogens is 2. The van der Waals surface area contributed by atoms with E-state index in [2.05, 4.69) is 0 Å². The van der Waals surface area contributed by atoms with Crippen molar-refractivity contribution < 1.29 is 23.1 Å². The molecule has 0 aliphatic carbocycles. The number of fused-ring (bicyclic) bond motifs is 1. The maximum atomic E-state index is 13.5. The van der Waals surface area contributed by atoms with Crippen LogP contribution in [-0.4, -0.2) is 20.2 Å². The Bertz CT molecular complexity index is 1270. The van der Waals surface area contributed by atoms with Gasteiger partial charge in [-0.2, -0.15) is 13.2 Å². The molecule has 0 amide bonds. The van der Waals surface area contributed by atoms with Gasteiger partial charge in [0, 0.05) is 24.9 Å². The molecule has 1 aromatic carbocycles. The first kappa shape index (κ1) is 22.8. The summed E-state index contributed by atoms with van der Waals surface area (Å²) in [5.41, 5.74) is -1.88. The second-order valence-corrected chi connectivity index (χ2v) is 8.82. The normalized spacial score (nSPS) is 12.1. The lowest BCUT2D eigenvalue weighted by Gasteiger charge is -2.12. The van der Waals surface area contributed by atoms with Crippen LogP contribution in [0.25, 0.3) is 10.2 Å². The molecule has 166 valence electrons. The predicted octanol–water partition coefficient (Wildman–Crippen LogP) is 3.65. The lowest BCUT2D eigenvalue weighted by atomic mass is 10.00. The van der Waals surface area contributed by atoms with Crippen LogP contribution in [0.4, 0.5) is 13.2 Å². The first-order chi connectivity index (χ1) is 14.4. The Kier molecular flexibility index (Phi) is 6.13. The van der Waals surface area contributed by atoms with Crippen molar-refractivity contribution >= 4 is 27.5 Å². The molecule has 31 heavy (non-hydrogen) atoms. The number of hydrogen-bond acceptors (Lipinski definition) is 4. The SMILES string of the molecule is CC(C)Cn1c(=O)n(C)c(=O)c2c(CC(=O)O)c(Cc3ccccc3C(F)(F)F)sc21. The van der Waals surface area contributed by atoms with Gasteiger partial charge in [0.2, 0.25) is 0 Å². The molecule has 0 aliphatic heterocycles. The monoisotopic (exact) mass is 454 g/mol. The fourth-order valence-electron chi connectivity index (χ4n) is 3.56. The van der Waals surface area contributed by atoms with E-state index < -0.39 is 35.4 Å². The summed E-state index contributed by atoms with van der Waals surface area (Å²) in [5.74, 6) is -1.16. The number of carbonyl (C=O) groups is 1. The summed E-state index contributed by atoms with van der Waals surface area (Å²) in [6.07, 6.45) is -5.30. The molecule has 0 radical (unpaired) electrons. The molecule has 1 N–H and O–H groups in total. The number of thiophene rings is 1. The molecular formula is C21H21F3N2O4S. The lowest BCUT2D eigenvalue weighted by molar-refractivity contribution is -0.138. The molecule has 2 aromatic heterocycles. The molecule has 0 spiro atoms. The second kappa shape index (κ2) is 8.33. The third-order valence-corrected chi connectivity index (χ3v) is 6.16. The molecule has 10 heteroatoms. The van der Waals surface area contributed by atoms with Gasteiger partial charge in [0.1, 0.15) is 4.83 Å². The van der Waals surface area contributed by atoms with E-state index in [9.17, 15) is 32.7 Å². The maximum absolute atomic E-state index is 13.5. The number of alkyl halides is 3. The summed E-state index contributed by atoms with van der Waals surface area (Å²) in [7, 11) is 1.31. The second-order valence-electron chi connectivity index (χ2n) is 7.74. The van der Waals surface area contributed by atoms with E-state index in [-0.39, 0.29) is 40.2 Å². The maximum Gasteiger partial charge on any atom is 0.416 e. The number of carboxylic acids is 1. The van der Waals surface area contributed by atoms with Gasteiger partial charge in [0.05, 0.1) is 17.4 Å². The molecule has 0 fully saturated rings. The number of hydrogen-bond donors (Lipinski definition) is 1. The third-order valence-electron chi connectivity index (χ3n) is 4.90. The molecule has 0 unspecified atom stereocenters. The molecular weight excluding hydrogens is 433 g/mol. The smallest absolute Gasteiger partial charge is 0.416 e. The van der Waals surface area contributed by atoms with Gasteiger partial charge >= 0.3 is 17.8 Å². The Morgan fingerprint density at radius 1 is 1.19 bits per heavy atom.